The smallest absolute Gasteiger partial charge is 0.354 e. The molecule has 2 aromatic rings. The Hall–Kier alpha value is -1.69. The molecule has 8 heteroatoms. The number of nitrogens with two attached hydrogens (primary N) is 1. The molecule has 1 aromatic heterocycles. The van der Waals surface area contributed by atoms with Gasteiger partial charge in [-0.05, 0) is 18.2 Å². The fraction of sp³-hybridized carbons (Fsp3) is 0. The van der Waals surface area contributed by atoms with Crippen molar-refractivity contribution in [2.75, 3.05) is 5.73 Å². The Morgan fingerprint density at radius 2 is 1.80 bits per heavy atom. The molecule has 0 saturated carbocycles. The highest BCUT2D eigenvalue weighted by Crippen LogP contribution is 2.37. The molecule has 0 bridgehead atoms. The average molecular weight is 334 g/mol. The van der Waals surface area contributed by atoms with Crippen LogP contribution in [0.2, 0.25) is 15.1 Å². The average Bonchev–Trinajstić information content (AvgIpc) is 2.38. The van der Waals surface area contributed by atoms with Crippen LogP contribution in [0, 0.1) is 0 Å². The van der Waals surface area contributed by atoms with Crippen LogP contribution in [0.5, 0.6) is 11.6 Å². The van der Waals surface area contributed by atoms with E-state index in [2.05, 4.69) is 4.98 Å². The normalized spacial score (nSPS) is 10.3. The molecular weight excluding hydrogens is 327 g/mol. The van der Waals surface area contributed by atoms with Crippen molar-refractivity contribution in [3.63, 3.8) is 0 Å². The highest BCUT2D eigenvalue weighted by Gasteiger charge is 2.13. The van der Waals surface area contributed by atoms with Gasteiger partial charge in [-0.3, -0.25) is 0 Å². The van der Waals surface area contributed by atoms with Gasteiger partial charge >= 0.3 is 5.97 Å². The number of carboxylic acid groups (broad SMARTS) is 1. The van der Waals surface area contributed by atoms with Gasteiger partial charge in [0.15, 0.2) is 5.69 Å². The zero-order valence-electron chi connectivity index (χ0n) is 9.73. The molecule has 0 aliphatic carbocycles. The van der Waals surface area contributed by atoms with E-state index < -0.39 is 5.97 Å². The summed E-state index contributed by atoms with van der Waals surface area (Å²) in [6.45, 7) is 0. The number of carbonyl (C=O) groups is 1. The number of rotatable bonds is 3. The molecule has 0 saturated heterocycles. The lowest BCUT2D eigenvalue weighted by Crippen LogP contribution is -2.03. The van der Waals surface area contributed by atoms with E-state index in [-0.39, 0.29) is 38.1 Å². The number of carboxylic acids is 1. The molecule has 104 valence electrons. The first-order chi connectivity index (χ1) is 9.38. The summed E-state index contributed by atoms with van der Waals surface area (Å²) < 4.78 is 5.39. The maximum atomic E-state index is 10.9. The number of aromatic carboxylic acids is 1. The van der Waals surface area contributed by atoms with E-state index in [1.54, 1.807) is 0 Å². The highest BCUT2D eigenvalue weighted by molar-refractivity contribution is 6.43. The number of aromatic nitrogens is 1. The monoisotopic (exact) mass is 332 g/mol. The van der Waals surface area contributed by atoms with Crippen LogP contribution in [0.25, 0.3) is 0 Å². The summed E-state index contributed by atoms with van der Waals surface area (Å²) in [5.74, 6) is -1.11. The van der Waals surface area contributed by atoms with Crippen molar-refractivity contribution in [2.45, 2.75) is 0 Å². The minimum absolute atomic E-state index is 0.0785. The molecule has 1 heterocycles. The minimum Gasteiger partial charge on any atom is -0.477 e. The van der Waals surface area contributed by atoms with Crippen molar-refractivity contribution in [2.24, 2.45) is 0 Å². The summed E-state index contributed by atoms with van der Waals surface area (Å²) >= 11 is 17.6. The first-order valence-corrected chi connectivity index (χ1v) is 6.34. The molecule has 20 heavy (non-hydrogen) atoms. The molecule has 0 atom stereocenters. The van der Waals surface area contributed by atoms with Gasteiger partial charge in [0.05, 0.1) is 20.8 Å². The van der Waals surface area contributed by atoms with Crippen LogP contribution in [0.1, 0.15) is 10.5 Å². The van der Waals surface area contributed by atoms with Gasteiger partial charge in [0.1, 0.15) is 5.75 Å². The van der Waals surface area contributed by atoms with E-state index in [1.807, 2.05) is 0 Å². The Bertz CT molecular complexity index is 692. The van der Waals surface area contributed by atoms with Crippen molar-refractivity contribution in [3.8, 4) is 11.6 Å². The Kier molecular flexibility index (Phi) is 4.23. The predicted molar refractivity (Wildman–Crippen MR) is 77.2 cm³/mol. The molecule has 3 N–H and O–H groups in total. The first kappa shape index (κ1) is 14.7. The van der Waals surface area contributed by atoms with Gasteiger partial charge < -0.3 is 15.6 Å². The van der Waals surface area contributed by atoms with Gasteiger partial charge in [-0.25, -0.2) is 9.78 Å². The number of pyridine rings is 1. The van der Waals surface area contributed by atoms with Gasteiger partial charge in [0.2, 0.25) is 5.88 Å². The summed E-state index contributed by atoms with van der Waals surface area (Å²) in [6.07, 6.45) is 0. The zero-order valence-corrected chi connectivity index (χ0v) is 12.0. The Morgan fingerprint density at radius 1 is 1.15 bits per heavy atom. The summed E-state index contributed by atoms with van der Waals surface area (Å²) in [4.78, 5) is 14.6. The van der Waals surface area contributed by atoms with Crippen LogP contribution >= 0.6 is 34.8 Å². The second-order valence-electron chi connectivity index (χ2n) is 3.69. The fourth-order valence-corrected chi connectivity index (χ4v) is 1.91. The number of anilines is 1. The molecule has 0 unspecified atom stereocenters. The third-order valence-corrected chi connectivity index (χ3v) is 3.31. The summed E-state index contributed by atoms with van der Waals surface area (Å²) in [7, 11) is 0. The number of halogens is 3. The van der Waals surface area contributed by atoms with E-state index in [1.165, 1.54) is 24.3 Å². The Morgan fingerprint density at radius 3 is 2.45 bits per heavy atom. The Balaban J connectivity index is 2.42. The van der Waals surface area contributed by atoms with E-state index in [0.29, 0.717) is 0 Å². The summed E-state index contributed by atoms with van der Waals surface area (Å²) in [6, 6.07) is 5.43. The zero-order chi connectivity index (χ0) is 14.9. The van der Waals surface area contributed by atoms with Crippen molar-refractivity contribution >= 4 is 46.5 Å². The van der Waals surface area contributed by atoms with E-state index in [0.717, 1.165) is 0 Å². The molecule has 0 radical (unpaired) electrons. The molecule has 0 spiro atoms. The van der Waals surface area contributed by atoms with Crippen molar-refractivity contribution < 1.29 is 14.6 Å². The molecule has 1 aromatic carbocycles. The van der Waals surface area contributed by atoms with Gasteiger partial charge in [-0.1, -0.05) is 34.8 Å². The van der Waals surface area contributed by atoms with E-state index in [4.69, 9.17) is 50.4 Å². The quantitative estimate of drug-likeness (QED) is 0.825. The topological polar surface area (TPSA) is 85.4 Å². The van der Waals surface area contributed by atoms with Crippen LogP contribution < -0.4 is 10.5 Å². The lowest BCUT2D eigenvalue weighted by molar-refractivity contribution is 0.0689. The first-order valence-electron chi connectivity index (χ1n) is 5.20. The van der Waals surface area contributed by atoms with Gasteiger partial charge in [0, 0.05) is 6.07 Å². The van der Waals surface area contributed by atoms with Crippen molar-refractivity contribution in [1.82, 2.24) is 4.98 Å². The molecule has 0 amide bonds. The highest BCUT2D eigenvalue weighted by atomic mass is 35.5. The minimum atomic E-state index is -1.20. The second-order valence-corrected chi connectivity index (χ2v) is 4.92. The standard InChI is InChI=1S/C12H7Cl3N2O3/c13-5-3-7(15)10(4-6(5)14)20-11-8(16)1-2-9(17-11)12(18)19/h1-4H,16H2,(H,18,19). The molecule has 0 aliphatic heterocycles. The summed E-state index contributed by atoms with van der Waals surface area (Å²) in [5, 5.41) is 9.58. The lowest BCUT2D eigenvalue weighted by Gasteiger charge is -2.10. The predicted octanol–water partition coefficient (Wildman–Crippen LogP) is 4.11. The number of hydrogen-bond donors (Lipinski definition) is 2. The summed E-state index contributed by atoms with van der Waals surface area (Å²) in [5.41, 5.74) is 5.63. The fourth-order valence-electron chi connectivity index (χ4n) is 1.34. The maximum Gasteiger partial charge on any atom is 0.354 e. The molecule has 5 nitrogen and oxygen atoms in total. The van der Waals surface area contributed by atoms with Crippen LogP contribution in [0.15, 0.2) is 24.3 Å². The van der Waals surface area contributed by atoms with Crippen LogP contribution in [-0.2, 0) is 0 Å². The van der Waals surface area contributed by atoms with Crippen molar-refractivity contribution in [1.29, 1.82) is 0 Å². The van der Waals surface area contributed by atoms with Gasteiger partial charge in [-0.2, -0.15) is 0 Å². The Labute approximate surface area is 128 Å². The third kappa shape index (κ3) is 3.07. The number of ether oxygens (including phenoxy) is 1. The third-order valence-electron chi connectivity index (χ3n) is 2.29. The van der Waals surface area contributed by atoms with E-state index >= 15 is 0 Å². The second kappa shape index (κ2) is 5.75. The van der Waals surface area contributed by atoms with Gasteiger partial charge in [0.25, 0.3) is 0 Å². The number of nitrogens with zero attached hydrogens (tertiary/aromatic N) is 1. The molecule has 0 fully saturated rings. The van der Waals surface area contributed by atoms with Crippen molar-refractivity contribution in [3.05, 3.63) is 45.0 Å². The van der Waals surface area contributed by atoms with Crippen LogP contribution in [-0.4, -0.2) is 16.1 Å². The number of benzene rings is 1. The maximum absolute atomic E-state index is 10.9. The lowest BCUT2D eigenvalue weighted by atomic mass is 10.3. The molecule has 0 aliphatic rings. The van der Waals surface area contributed by atoms with E-state index in [9.17, 15) is 4.79 Å². The largest absolute Gasteiger partial charge is 0.477 e. The SMILES string of the molecule is Nc1ccc(C(=O)O)nc1Oc1cc(Cl)c(Cl)cc1Cl. The van der Waals surface area contributed by atoms with Gasteiger partial charge in [-0.15, -0.1) is 0 Å². The molecule has 2 rings (SSSR count). The number of hydrogen-bond acceptors (Lipinski definition) is 4. The van der Waals surface area contributed by atoms with Crippen LogP contribution in [0.4, 0.5) is 5.69 Å². The molecular formula is C12H7Cl3N2O3. The van der Waals surface area contributed by atoms with Crippen LogP contribution in [0.3, 0.4) is 0 Å². The number of nitrogen functional groups attached to an aromatic ring is 1.